The van der Waals surface area contributed by atoms with Gasteiger partial charge in [-0.2, -0.15) is 0 Å². The number of allylic oxidation sites excluding steroid dienone is 22. The molecule has 0 saturated carbocycles. The number of esters is 2. The van der Waals surface area contributed by atoms with E-state index in [1.54, 1.807) is 0 Å². The molecule has 0 saturated heterocycles. The van der Waals surface area contributed by atoms with E-state index in [9.17, 15) is 14.7 Å². The summed E-state index contributed by atoms with van der Waals surface area (Å²) in [6.45, 7) is 4.04. The maximum absolute atomic E-state index is 12.4. The topological polar surface area (TPSA) is 72.8 Å². The van der Waals surface area contributed by atoms with Gasteiger partial charge in [0.05, 0.1) is 6.61 Å². The van der Waals surface area contributed by atoms with Gasteiger partial charge in [-0.25, -0.2) is 0 Å². The molecule has 0 bridgehead atoms. The van der Waals surface area contributed by atoms with E-state index < -0.39 is 6.10 Å². The summed E-state index contributed by atoms with van der Waals surface area (Å²) in [5.41, 5.74) is 0. The van der Waals surface area contributed by atoms with Gasteiger partial charge in [0, 0.05) is 12.8 Å². The Labute approximate surface area is 521 Å². The lowest BCUT2D eigenvalue weighted by molar-refractivity contribution is -0.161. The van der Waals surface area contributed by atoms with Crippen LogP contribution in [0.5, 0.6) is 0 Å². The molecule has 0 aromatic carbocycles. The number of carbonyl (C=O) groups is 2. The molecule has 480 valence electrons. The molecule has 0 aliphatic rings. The van der Waals surface area contributed by atoms with Crippen LogP contribution in [-0.2, 0) is 19.1 Å². The Balaban J connectivity index is 3.50. The van der Waals surface area contributed by atoms with Gasteiger partial charge in [0.15, 0.2) is 6.10 Å². The number of hydrogen-bond acceptors (Lipinski definition) is 5. The number of rotatable bonds is 65. The van der Waals surface area contributed by atoms with Crippen LogP contribution in [0.4, 0.5) is 0 Å². The van der Waals surface area contributed by atoms with Gasteiger partial charge in [0.25, 0.3) is 0 Å². The maximum atomic E-state index is 12.4. The van der Waals surface area contributed by atoms with Crippen LogP contribution < -0.4 is 0 Å². The first-order valence-electron chi connectivity index (χ1n) is 35.7. The first kappa shape index (κ1) is 80.0. The van der Waals surface area contributed by atoms with Crippen LogP contribution in [-0.4, -0.2) is 36.4 Å². The number of aliphatic hydroxyl groups is 1. The molecular weight excluding hydrogens is 1030 g/mol. The third-order valence-electron chi connectivity index (χ3n) is 15.4. The molecule has 5 nitrogen and oxygen atoms in total. The van der Waals surface area contributed by atoms with Crippen molar-refractivity contribution in [3.8, 4) is 0 Å². The van der Waals surface area contributed by atoms with Crippen LogP contribution in [0.25, 0.3) is 0 Å². The zero-order valence-electron chi connectivity index (χ0n) is 55.1. The van der Waals surface area contributed by atoms with Gasteiger partial charge in [-0.15, -0.1) is 0 Å². The van der Waals surface area contributed by atoms with E-state index in [4.69, 9.17) is 9.47 Å². The number of ether oxygens (including phenoxy) is 2. The standard InChI is InChI=1S/C79H134O5/c1-3-5-7-9-11-13-15-17-19-21-23-25-27-29-31-33-35-36-37-38-39-40-41-42-44-46-48-50-52-54-56-58-60-62-64-66-68-70-72-74-79(82)84-77(75-80)76-83-78(81)73-71-69-67-65-63-61-59-57-55-53-51-49-47-45-43-34-32-30-28-26-24-22-20-18-16-14-12-10-8-6-4-2/h5,7,11,13,16-19,22-25,29,31,35-36,38-39,41-42,46,48,77,80H,3-4,6,8-10,12,14-15,20-21,26-28,30,32-34,37,40,43-45,47,49-76H2,1-2H3/b7-5-,13-11-,18-16-,19-17-,24-22-,25-23-,31-29-,36-35-,39-38-,42-41-,48-46-. The van der Waals surface area contributed by atoms with Gasteiger partial charge < -0.3 is 14.6 Å². The van der Waals surface area contributed by atoms with Crippen LogP contribution in [0.1, 0.15) is 335 Å². The van der Waals surface area contributed by atoms with Crippen LogP contribution >= 0.6 is 0 Å². The summed E-state index contributed by atoms with van der Waals surface area (Å²) in [6, 6.07) is 0. The van der Waals surface area contributed by atoms with Crippen LogP contribution in [0, 0.1) is 0 Å². The molecule has 1 unspecified atom stereocenters. The quantitative estimate of drug-likeness (QED) is 0.0373. The van der Waals surface area contributed by atoms with Gasteiger partial charge >= 0.3 is 11.9 Å². The fourth-order valence-corrected chi connectivity index (χ4v) is 10.1. The molecule has 0 aromatic heterocycles. The third-order valence-corrected chi connectivity index (χ3v) is 15.4. The summed E-state index contributed by atoms with van der Waals surface area (Å²) in [4.78, 5) is 24.7. The van der Waals surface area contributed by atoms with Gasteiger partial charge in [-0.05, 0) is 116 Å². The SMILES string of the molecule is CC/C=C\C/C=C\C/C=C\C/C=C\C/C=C\C/C=C\C/C=C\C/C=C\C/C=C\CCCCCCCCCCCCCC(=O)OC(CO)COC(=O)CCCCCCCCCCCCCCCCCCCCC/C=C\C/C=C\CCCCCCC. The number of aliphatic hydroxyl groups excluding tert-OH is 1. The molecule has 0 spiro atoms. The lowest BCUT2D eigenvalue weighted by Crippen LogP contribution is -2.28. The fraction of sp³-hybridized carbons (Fsp3) is 0.696. The molecule has 84 heavy (non-hydrogen) atoms. The van der Waals surface area contributed by atoms with Gasteiger partial charge in [-0.1, -0.05) is 340 Å². The summed E-state index contributed by atoms with van der Waals surface area (Å²) in [6.07, 6.45) is 109. The predicted molar refractivity (Wildman–Crippen MR) is 371 cm³/mol. The van der Waals surface area contributed by atoms with Gasteiger partial charge in [0.1, 0.15) is 6.61 Å². The second-order valence-electron chi connectivity index (χ2n) is 23.6. The lowest BCUT2D eigenvalue weighted by Gasteiger charge is -2.15. The molecule has 1 atom stereocenters. The molecule has 0 amide bonds. The van der Waals surface area contributed by atoms with E-state index in [-0.39, 0.29) is 25.2 Å². The zero-order chi connectivity index (χ0) is 60.5. The Hall–Kier alpha value is -3.96. The predicted octanol–water partition coefficient (Wildman–Crippen LogP) is 25.1. The highest BCUT2D eigenvalue weighted by Gasteiger charge is 2.16. The second-order valence-corrected chi connectivity index (χ2v) is 23.6. The molecule has 1 N–H and O–H groups in total. The van der Waals surface area contributed by atoms with Crippen molar-refractivity contribution < 1.29 is 24.2 Å². The second kappa shape index (κ2) is 73.3. The monoisotopic (exact) mass is 1160 g/mol. The Morgan fingerprint density at radius 2 is 0.512 bits per heavy atom. The molecule has 0 aliphatic heterocycles. The van der Waals surface area contributed by atoms with E-state index >= 15 is 0 Å². The van der Waals surface area contributed by atoms with Crippen LogP contribution in [0.2, 0.25) is 0 Å². The largest absolute Gasteiger partial charge is 0.462 e. The molecule has 0 radical (unpaired) electrons. The Bertz CT molecular complexity index is 1700. The van der Waals surface area contributed by atoms with E-state index in [2.05, 4.69) is 148 Å². The first-order chi connectivity index (χ1) is 41.6. The summed E-state index contributed by atoms with van der Waals surface area (Å²) < 4.78 is 10.8. The number of hydrogen-bond donors (Lipinski definition) is 1. The highest BCUT2D eigenvalue weighted by Crippen LogP contribution is 2.17. The van der Waals surface area contributed by atoms with Crippen LogP contribution in [0.15, 0.2) is 134 Å². The average Bonchev–Trinajstić information content (AvgIpc) is 3.51. The average molecular weight is 1160 g/mol. The lowest BCUT2D eigenvalue weighted by atomic mass is 10.0. The van der Waals surface area contributed by atoms with Crippen molar-refractivity contribution in [3.63, 3.8) is 0 Å². The Morgan fingerprint density at radius 3 is 0.774 bits per heavy atom. The van der Waals surface area contributed by atoms with Gasteiger partial charge in [0.2, 0.25) is 0 Å². The summed E-state index contributed by atoms with van der Waals surface area (Å²) >= 11 is 0. The van der Waals surface area contributed by atoms with E-state index in [0.717, 1.165) is 103 Å². The smallest absolute Gasteiger partial charge is 0.306 e. The summed E-state index contributed by atoms with van der Waals surface area (Å²) in [5, 5.41) is 9.71. The Morgan fingerprint density at radius 1 is 0.286 bits per heavy atom. The molecular formula is C79H134O5. The van der Waals surface area contributed by atoms with Crippen molar-refractivity contribution in [3.05, 3.63) is 134 Å². The van der Waals surface area contributed by atoms with E-state index in [1.807, 2.05) is 0 Å². The third kappa shape index (κ3) is 70.5. The maximum Gasteiger partial charge on any atom is 0.306 e. The minimum atomic E-state index is -0.782. The highest BCUT2D eigenvalue weighted by molar-refractivity contribution is 5.70. The van der Waals surface area contributed by atoms with Gasteiger partial charge in [-0.3, -0.25) is 9.59 Å². The number of unbranched alkanes of at least 4 members (excludes halogenated alkanes) is 35. The van der Waals surface area contributed by atoms with E-state index in [0.29, 0.717) is 12.8 Å². The summed E-state index contributed by atoms with van der Waals surface area (Å²) in [5.74, 6) is -0.587. The molecule has 0 aromatic rings. The number of carbonyl (C=O) groups excluding carboxylic acids is 2. The van der Waals surface area contributed by atoms with Crippen molar-refractivity contribution in [2.45, 2.75) is 341 Å². The minimum Gasteiger partial charge on any atom is -0.462 e. The van der Waals surface area contributed by atoms with Crippen molar-refractivity contribution in [2.24, 2.45) is 0 Å². The highest BCUT2D eigenvalue weighted by atomic mass is 16.6. The molecule has 0 aliphatic carbocycles. The molecule has 0 fully saturated rings. The zero-order valence-corrected chi connectivity index (χ0v) is 55.1. The normalized spacial score (nSPS) is 13.0. The van der Waals surface area contributed by atoms with Crippen molar-refractivity contribution in [1.82, 2.24) is 0 Å². The van der Waals surface area contributed by atoms with Crippen molar-refractivity contribution in [2.75, 3.05) is 13.2 Å². The van der Waals surface area contributed by atoms with Crippen molar-refractivity contribution in [1.29, 1.82) is 0 Å². The Kier molecular flexibility index (Phi) is 69.8. The minimum absolute atomic E-state index is 0.0699. The first-order valence-corrected chi connectivity index (χ1v) is 35.7. The fourth-order valence-electron chi connectivity index (χ4n) is 10.1. The van der Waals surface area contributed by atoms with Crippen LogP contribution in [0.3, 0.4) is 0 Å². The molecule has 5 heteroatoms. The molecule has 0 rings (SSSR count). The summed E-state index contributed by atoms with van der Waals surface area (Å²) in [7, 11) is 0. The van der Waals surface area contributed by atoms with E-state index in [1.165, 1.54) is 205 Å². The molecule has 0 heterocycles. The van der Waals surface area contributed by atoms with Crippen molar-refractivity contribution >= 4 is 11.9 Å².